The summed E-state index contributed by atoms with van der Waals surface area (Å²) in [6.07, 6.45) is -1.08. The molecule has 0 radical (unpaired) electrons. The van der Waals surface area contributed by atoms with E-state index in [0.29, 0.717) is 6.04 Å². The number of carboxylic acid groups (broad SMARTS) is 1. The summed E-state index contributed by atoms with van der Waals surface area (Å²) in [6, 6.07) is 19.4. The van der Waals surface area contributed by atoms with Crippen molar-refractivity contribution in [3.05, 3.63) is 72.1 Å². The summed E-state index contributed by atoms with van der Waals surface area (Å²) >= 11 is 0. The highest BCUT2D eigenvalue weighted by atomic mass is 19.4. The highest BCUT2D eigenvalue weighted by molar-refractivity contribution is 5.73. The molecule has 7 nitrogen and oxygen atoms in total. The molecular formula is C24H28F3N5O2. The number of aromatic nitrogens is 2. The molecule has 4 rings (SSSR count). The quantitative estimate of drug-likeness (QED) is 0.508. The first kappa shape index (κ1) is 25.1. The topological polar surface area (TPSA) is 96.4 Å². The number of carboxylic acids is 1. The number of benzene rings is 2. The van der Waals surface area contributed by atoms with Gasteiger partial charge < -0.3 is 21.1 Å². The van der Waals surface area contributed by atoms with Crippen LogP contribution in [-0.4, -0.2) is 46.2 Å². The fourth-order valence-corrected chi connectivity index (χ4v) is 3.62. The van der Waals surface area contributed by atoms with E-state index in [0.717, 1.165) is 49.5 Å². The van der Waals surface area contributed by atoms with Gasteiger partial charge >= 0.3 is 12.1 Å². The number of alkyl halides is 3. The van der Waals surface area contributed by atoms with Gasteiger partial charge in [-0.15, -0.1) is 0 Å². The van der Waals surface area contributed by atoms with E-state index < -0.39 is 12.1 Å². The van der Waals surface area contributed by atoms with Crippen LogP contribution >= 0.6 is 0 Å². The van der Waals surface area contributed by atoms with Gasteiger partial charge in [0.1, 0.15) is 0 Å². The fourth-order valence-electron chi connectivity index (χ4n) is 3.62. The molecule has 0 aliphatic carbocycles. The Hall–Kier alpha value is -3.53. The van der Waals surface area contributed by atoms with E-state index >= 15 is 0 Å². The summed E-state index contributed by atoms with van der Waals surface area (Å²) < 4.78 is 33.7. The number of nitrogens with one attached hydrogen (secondary N) is 1. The van der Waals surface area contributed by atoms with Crippen LogP contribution in [0.25, 0.3) is 5.69 Å². The SMILES string of the molecule is Cc1ccccc1-n1nccc1CNc1ccc(N2CCC(N)CC2)cc1.O=C(O)C(F)(F)F. The molecule has 1 saturated heterocycles. The molecule has 2 heterocycles. The van der Waals surface area contributed by atoms with Gasteiger partial charge in [0.15, 0.2) is 0 Å². The zero-order valence-corrected chi connectivity index (χ0v) is 18.8. The summed E-state index contributed by atoms with van der Waals surface area (Å²) in [5.74, 6) is -2.76. The summed E-state index contributed by atoms with van der Waals surface area (Å²) in [5.41, 5.74) is 11.9. The monoisotopic (exact) mass is 475 g/mol. The van der Waals surface area contributed by atoms with Crippen molar-refractivity contribution in [3.8, 4) is 5.69 Å². The van der Waals surface area contributed by atoms with Gasteiger partial charge in [-0.1, -0.05) is 18.2 Å². The van der Waals surface area contributed by atoms with Gasteiger partial charge in [0.2, 0.25) is 0 Å². The van der Waals surface area contributed by atoms with Gasteiger partial charge in [0, 0.05) is 36.7 Å². The molecular weight excluding hydrogens is 447 g/mol. The minimum atomic E-state index is -5.08. The number of aryl methyl sites for hydroxylation is 1. The summed E-state index contributed by atoms with van der Waals surface area (Å²) in [4.78, 5) is 11.3. The van der Waals surface area contributed by atoms with Gasteiger partial charge in [-0.3, -0.25) is 0 Å². The lowest BCUT2D eigenvalue weighted by Gasteiger charge is -2.32. The van der Waals surface area contributed by atoms with Crippen LogP contribution in [0, 0.1) is 6.92 Å². The minimum Gasteiger partial charge on any atom is -0.475 e. The number of nitrogens with zero attached hydrogens (tertiary/aromatic N) is 3. The number of hydrogen-bond donors (Lipinski definition) is 3. The lowest BCUT2D eigenvalue weighted by atomic mass is 10.1. The third-order valence-electron chi connectivity index (χ3n) is 5.55. The van der Waals surface area contributed by atoms with Crippen molar-refractivity contribution in [1.82, 2.24) is 9.78 Å². The second-order valence-electron chi connectivity index (χ2n) is 8.05. The standard InChI is InChI=1S/C22H27N5.C2HF3O2/c1-17-4-2-3-5-22(17)27-21(10-13-25-27)16-24-19-6-8-20(9-7-19)26-14-11-18(23)12-15-26;3-2(4,5)1(6)7/h2-10,13,18,24H,11-12,14-16,23H2,1H3;(H,6,7). The largest absolute Gasteiger partial charge is 0.490 e. The first-order valence-electron chi connectivity index (χ1n) is 10.9. The normalized spacial score (nSPS) is 14.3. The van der Waals surface area contributed by atoms with Crippen molar-refractivity contribution >= 4 is 17.3 Å². The highest BCUT2D eigenvalue weighted by Crippen LogP contribution is 2.22. The number of rotatable bonds is 5. The van der Waals surface area contributed by atoms with Gasteiger partial charge in [-0.05, 0) is 61.7 Å². The van der Waals surface area contributed by atoms with Crippen molar-refractivity contribution < 1.29 is 23.1 Å². The molecule has 2 aromatic carbocycles. The molecule has 0 saturated carbocycles. The van der Waals surface area contributed by atoms with E-state index in [-0.39, 0.29) is 0 Å². The average Bonchev–Trinajstić information content (AvgIpc) is 3.27. The van der Waals surface area contributed by atoms with E-state index in [9.17, 15) is 13.2 Å². The van der Waals surface area contributed by atoms with Crippen LogP contribution in [0.3, 0.4) is 0 Å². The lowest BCUT2D eigenvalue weighted by molar-refractivity contribution is -0.192. The van der Waals surface area contributed by atoms with Crippen molar-refractivity contribution in [3.63, 3.8) is 0 Å². The van der Waals surface area contributed by atoms with Crippen LogP contribution < -0.4 is 16.0 Å². The van der Waals surface area contributed by atoms with Crippen molar-refractivity contribution in [2.24, 2.45) is 5.73 Å². The summed E-state index contributed by atoms with van der Waals surface area (Å²) in [5, 5.41) is 15.1. The van der Waals surface area contributed by atoms with Gasteiger partial charge in [-0.2, -0.15) is 18.3 Å². The first-order valence-corrected chi connectivity index (χ1v) is 10.9. The number of anilines is 2. The Kier molecular flexibility index (Phi) is 8.17. The Balaban J connectivity index is 0.000000406. The van der Waals surface area contributed by atoms with Crippen LogP contribution in [0.2, 0.25) is 0 Å². The molecule has 1 aliphatic heterocycles. The molecule has 1 fully saturated rings. The summed E-state index contributed by atoms with van der Waals surface area (Å²) in [6.45, 7) is 4.93. The number of aliphatic carboxylic acids is 1. The zero-order valence-electron chi connectivity index (χ0n) is 18.8. The Labute approximate surface area is 196 Å². The van der Waals surface area contributed by atoms with E-state index in [1.807, 2.05) is 16.9 Å². The maximum Gasteiger partial charge on any atom is 0.490 e. The van der Waals surface area contributed by atoms with Crippen LogP contribution in [0.5, 0.6) is 0 Å². The molecule has 0 bridgehead atoms. The van der Waals surface area contributed by atoms with Gasteiger partial charge in [-0.25, -0.2) is 9.48 Å². The van der Waals surface area contributed by atoms with E-state index in [4.69, 9.17) is 15.6 Å². The third kappa shape index (κ3) is 6.74. The maximum atomic E-state index is 10.6. The molecule has 1 aliphatic rings. The number of nitrogens with two attached hydrogens (primary N) is 1. The Bertz CT molecular complexity index is 1070. The number of halogens is 3. The molecule has 0 spiro atoms. The fraction of sp³-hybridized carbons (Fsp3) is 0.333. The zero-order chi connectivity index (χ0) is 24.7. The van der Waals surface area contributed by atoms with Crippen LogP contribution in [0.1, 0.15) is 24.1 Å². The van der Waals surface area contributed by atoms with Crippen LogP contribution in [0.15, 0.2) is 60.8 Å². The second-order valence-corrected chi connectivity index (χ2v) is 8.05. The van der Waals surface area contributed by atoms with E-state index in [1.165, 1.54) is 11.3 Å². The van der Waals surface area contributed by atoms with E-state index in [1.54, 1.807) is 0 Å². The predicted octanol–water partition coefficient (Wildman–Crippen LogP) is 4.35. The molecule has 4 N–H and O–H groups in total. The lowest BCUT2D eigenvalue weighted by Crippen LogP contribution is -2.39. The number of para-hydroxylation sites is 1. The van der Waals surface area contributed by atoms with Crippen LogP contribution in [0.4, 0.5) is 24.5 Å². The minimum absolute atomic E-state index is 0.361. The number of piperidine rings is 1. The average molecular weight is 476 g/mol. The molecule has 0 amide bonds. The molecule has 3 aromatic rings. The van der Waals surface area contributed by atoms with E-state index in [2.05, 4.69) is 70.8 Å². The summed E-state index contributed by atoms with van der Waals surface area (Å²) in [7, 11) is 0. The first-order chi connectivity index (χ1) is 16.1. The third-order valence-corrected chi connectivity index (χ3v) is 5.55. The van der Waals surface area contributed by atoms with Crippen molar-refractivity contribution in [2.45, 2.75) is 38.5 Å². The Morgan fingerprint density at radius 3 is 2.32 bits per heavy atom. The predicted molar refractivity (Wildman–Crippen MR) is 125 cm³/mol. The number of hydrogen-bond acceptors (Lipinski definition) is 5. The molecule has 0 atom stereocenters. The van der Waals surface area contributed by atoms with Crippen molar-refractivity contribution in [2.75, 3.05) is 23.3 Å². The number of carbonyl (C=O) groups is 1. The van der Waals surface area contributed by atoms with Gasteiger partial charge in [0.25, 0.3) is 0 Å². The molecule has 34 heavy (non-hydrogen) atoms. The Morgan fingerprint density at radius 1 is 1.12 bits per heavy atom. The highest BCUT2D eigenvalue weighted by Gasteiger charge is 2.38. The van der Waals surface area contributed by atoms with Crippen molar-refractivity contribution in [1.29, 1.82) is 0 Å². The maximum absolute atomic E-state index is 10.6. The molecule has 182 valence electrons. The Morgan fingerprint density at radius 2 is 1.74 bits per heavy atom. The molecule has 1 aromatic heterocycles. The van der Waals surface area contributed by atoms with Crippen LogP contribution in [-0.2, 0) is 11.3 Å². The molecule has 10 heteroatoms. The molecule has 0 unspecified atom stereocenters. The smallest absolute Gasteiger partial charge is 0.475 e. The van der Waals surface area contributed by atoms with Gasteiger partial charge in [0.05, 0.1) is 17.9 Å². The second kappa shape index (κ2) is 11.1.